The molecule has 1 heterocycles. The molecule has 1 saturated heterocycles. The minimum Gasteiger partial charge on any atom is -0.457 e. The van der Waals surface area contributed by atoms with Gasteiger partial charge in [0.1, 0.15) is 30.5 Å². The SMILES string of the molecule is CC/C=C\C/C=C\C/C=C\C/C=C\C/C=C\CC(=O)OC(COCCCCCCCCCCCCCCCC/C=C\CCCCCCCCCC)COC1OC(CO)C(O)C(OS(=O)(=O)O)C1O. The Kier molecular flexibility index (Phi) is 42.7. The standard InChI is InChI=1S/C55H96O12S/c1-3-5-7-9-11-13-15-17-19-20-21-22-23-24-25-26-27-28-29-31-33-35-37-39-41-43-45-63-47-49(48-64-55-53(59)54(67-68(60,61)62)52(58)50(46-56)66-55)65-51(57)44-42-40-38-36-34-32-30-18-16-14-12-10-8-6-4-2/h6,8,12,14,18,20-21,30,34,36,40,42,49-50,52-56,58-59H,3-5,7,9-11,13,15-17,19,22-29,31-33,35,37-39,41,43-48H2,1-2H3,(H,60,61,62)/b8-6-,14-12-,21-20-,30-18-,36-34-,42-40-. The number of aliphatic hydroxyl groups excluding tert-OH is 3. The number of allylic oxidation sites excluding steroid dienone is 11. The molecule has 1 aliphatic rings. The zero-order valence-corrected chi connectivity index (χ0v) is 43.2. The number of hydrogen-bond donors (Lipinski definition) is 4. The zero-order valence-electron chi connectivity index (χ0n) is 42.4. The van der Waals surface area contributed by atoms with Crippen molar-refractivity contribution >= 4 is 16.4 Å². The van der Waals surface area contributed by atoms with Gasteiger partial charge >= 0.3 is 16.4 Å². The smallest absolute Gasteiger partial charge is 0.397 e. The molecule has 0 spiro atoms. The monoisotopic (exact) mass is 981 g/mol. The van der Waals surface area contributed by atoms with E-state index in [2.05, 4.69) is 72.7 Å². The van der Waals surface area contributed by atoms with Gasteiger partial charge in [-0.15, -0.1) is 0 Å². The molecular formula is C55H96O12S. The zero-order chi connectivity index (χ0) is 49.6. The maximum Gasteiger partial charge on any atom is 0.397 e. The minimum absolute atomic E-state index is 0.00595. The van der Waals surface area contributed by atoms with Crippen molar-refractivity contribution in [3.05, 3.63) is 72.9 Å². The topological polar surface area (TPSA) is 178 Å². The summed E-state index contributed by atoms with van der Waals surface area (Å²) < 4.78 is 59.1. The maximum atomic E-state index is 12.8. The van der Waals surface area contributed by atoms with E-state index in [9.17, 15) is 33.1 Å². The van der Waals surface area contributed by atoms with Crippen molar-refractivity contribution in [3.8, 4) is 0 Å². The second kappa shape index (κ2) is 45.7. The van der Waals surface area contributed by atoms with E-state index in [1.165, 1.54) is 135 Å². The summed E-state index contributed by atoms with van der Waals surface area (Å²) in [5, 5.41) is 30.7. The Bertz CT molecular complexity index is 1460. The lowest BCUT2D eigenvalue weighted by molar-refractivity contribution is -0.301. The third kappa shape index (κ3) is 38.3. The number of carbonyl (C=O) groups is 1. The Morgan fingerprint density at radius 1 is 0.574 bits per heavy atom. The summed E-state index contributed by atoms with van der Waals surface area (Å²) in [4.78, 5) is 12.8. The normalized spacial score (nSPS) is 19.9. The maximum absolute atomic E-state index is 12.8. The van der Waals surface area contributed by atoms with Crippen LogP contribution in [0.1, 0.15) is 206 Å². The van der Waals surface area contributed by atoms with Crippen LogP contribution in [0.4, 0.5) is 0 Å². The molecular weight excluding hydrogens is 885 g/mol. The van der Waals surface area contributed by atoms with Crippen molar-refractivity contribution in [1.82, 2.24) is 0 Å². The molecule has 1 fully saturated rings. The van der Waals surface area contributed by atoms with Crippen molar-refractivity contribution < 1.29 is 56.2 Å². The highest BCUT2D eigenvalue weighted by atomic mass is 32.3. The van der Waals surface area contributed by atoms with E-state index < -0.39 is 59.8 Å². The molecule has 394 valence electrons. The highest BCUT2D eigenvalue weighted by molar-refractivity contribution is 7.80. The summed E-state index contributed by atoms with van der Waals surface area (Å²) in [6, 6.07) is 0. The van der Waals surface area contributed by atoms with E-state index in [0.717, 1.165) is 44.9 Å². The lowest BCUT2D eigenvalue weighted by Gasteiger charge is -2.41. The van der Waals surface area contributed by atoms with E-state index in [1.54, 1.807) is 6.08 Å². The molecule has 0 aromatic carbocycles. The van der Waals surface area contributed by atoms with Gasteiger partial charge in [0.25, 0.3) is 0 Å². The Morgan fingerprint density at radius 2 is 1.01 bits per heavy atom. The van der Waals surface area contributed by atoms with Gasteiger partial charge in [-0.3, -0.25) is 9.35 Å². The fourth-order valence-corrected chi connectivity index (χ4v) is 8.37. The van der Waals surface area contributed by atoms with Gasteiger partial charge in [-0.05, 0) is 64.2 Å². The number of hydrogen-bond acceptors (Lipinski definition) is 11. The molecule has 4 N–H and O–H groups in total. The first-order valence-corrected chi connectivity index (χ1v) is 28.1. The van der Waals surface area contributed by atoms with Crippen LogP contribution in [0, 0.1) is 0 Å². The van der Waals surface area contributed by atoms with E-state index in [0.29, 0.717) is 13.0 Å². The summed E-state index contributed by atoms with van der Waals surface area (Å²) in [6.07, 6.45) is 51.3. The number of unbranched alkanes of at least 4 members (excludes halogenated alkanes) is 22. The summed E-state index contributed by atoms with van der Waals surface area (Å²) in [7, 11) is -5.08. The second-order valence-electron chi connectivity index (χ2n) is 18.1. The van der Waals surface area contributed by atoms with E-state index in [1.807, 2.05) is 12.2 Å². The highest BCUT2D eigenvalue weighted by Crippen LogP contribution is 2.26. The Balaban J connectivity index is 2.33. The quantitative estimate of drug-likeness (QED) is 0.0197. The van der Waals surface area contributed by atoms with Crippen LogP contribution in [0.5, 0.6) is 0 Å². The molecule has 6 atom stereocenters. The third-order valence-corrected chi connectivity index (χ3v) is 12.3. The van der Waals surface area contributed by atoms with Crippen LogP contribution in [0.3, 0.4) is 0 Å². The van der Waals surface area contributed by atoms with E-state index >= 15 is 0 Å². The van der Waals surface area contributed by atoms with Gasteiger partial charge in [0.05, 0.1) is 26.2 Å². The molecule has 13 heteroatoms. The molecule has 0 radical (unpaired) electrons. The van der Waals surface area contributed by atoms with Gasteiger partial charge < -0.3 is 34.3 Å². The second-order valence-corrected chi connectivity index (χ2v) is 19.1. The lowest BCUT2D eigenvalue weighted by atomic mass is 9.99. The number of ether oxygens (including phenoxy) is 4. The predicted molar refractivity (Wildman–Crippen MR) is 276 cm³/mol. The fourth-order valence-electron chi connectivity index (χ4n) is 7.86. The number of carbonyl (C=O) groups excluding carboxylic acids is 1. The van der Waals surface area contributed by atoms with Crippen molar-refractivity contribution in [2.45, 2.75) is 243 Å². The van der Waals surface area contributed by atoms with E-state index in [4.69, 9.17) is 18.9 Å². The van der Waals surface area contributed by atoms with Gasteiger partial charge in [-0.2, -0.15) is 8.42 Å². The molecule has 0 bridgehead atoms. The van der Waals surface area contributed by atoms with Crippen LogP contribution in [0.15, 0.2) is 72.9 Å². The molecule has 12 nitrogen and oxygen atoms in total. The molecule has 1 rings (SSSR count). The molecule has 0 amide bonds. The number of rotatable bonds is 46. The van der Waals surface area contributed by atoms with Crippen LogP contribution in [-0.4, -0.2) is 97.5 Å². The van der Waals surface area contributed by atoms with Crippen molar-refractivity contribution in [3.63, 3.8) is 0 Å². The van der Waals surface area contributed by atoms with Crippen LogP contribution in [0.2, 0.25) is 0 Å². The Labute approximate surface area is 413 Å². The number of esters is 1. The predicted octanol–water partition coefficient (Wildman–Crippen LogP) is 12.6. The fraction of sp³-hybridized carbons (Fsp3) is 0.764. The average molecular weight is 981 g/mol. The van der Waals surface area contributed by atoms with Crippen LogP contribution in [-0.2, 0) is 38.3 Å². The molecule has 68 heavy (non-hydrogen) atoms. The minimum atomic E-state index is -5.08. The summed E-state index contributed by atoms with van der Waals surface area (Å²) in [6.45, 7) is 3.77. The van der Waals surface area contributed by atoms with Gasteiger partial charge in [-0.25, -0.2) is 4.18 Å². The Morgan fingerprint density at radius 3 is 1.47 bits per heavy atom. The van der Waals surface area contributed by atoms with Gasteiger partial charge in [0.2, 0.25) is 0 Å². The molecule has 0 saturated carbocycles. The summed E-state index contributed by atoms with van der Waals surface area (Å²) in [5.41, 5.74) is 0. The lowest BCUT2D eigenvalue weighted by Crippen LogP contribution is -2.60. The average Bonchev–Trinajstić information content (AvgIpc) is 3.31. The molecule has 0 aromatic rings. The van der Waals surface area contributed by atoms with Gasteiger partial charge in [0.15, 0.2) is 6.29 Å². The first-order valence-electron chi connectivity index (χ1n) is 26.7. The molecule has 0 aliphatic carbocycles. The van der Waals surface area contributed by atoms with Crippen molar-refractivity contribution in [2.24, 2.45) is 0 Å². The molecule has 6 unspecified atom stereocenters. The van der Waals surface area contributed by atoms with Gasteiger partial charge in [0, 0.05) is 6.61 Å². The van der Waals surface area contributed by atoms with Crippen LogP contribution >= 0.6 is 0 Å². The first-order chi connectivity index (χ1) is 33.1. The number of aliphatic hydroxyl groups is 3. The molecule has 0 aromatic heterocycles. The Hall–Kier alpha value is -2.46. The van der Waals surface area contributed by atoms with Gasteiger partial charge in [-0.1, -0.05) is 209 Å². The third-order valence-electron chi connectivity index (χ3n) is 11.8. The largest absolute Gasteiger partial charge is 0.457 e. The first kappa shape index (κ1) is 63.6. The van der Waals surface area contributed by atoms with E-state index in [-0.39, 0.29) is 19.6 Å². The van der Waals surface area contributed by atoms with Crippen LogP contribution in [0.25, 0.3) is 0 Å². The van der Waals surface area contributed by atoms with Crippen molar-refractivity contribution in [1.29, 1.82) is 0 Å². The van der Waals surface area contributed by atoms with Crippen LogP contribution < -0.4 is 0 Å². The summed E-state index contributed by atoms with van der Waals surface area (Å²) in [5.74, 6) is -0.525. The highest BCUT2D eigenvalue weighted by Gasteiger charge is 2.48. The molecule has 1 aliphatic heterocycles. The van der Waals surface area contributed by atoms with Crippen molar-refractivity contribution in [2.75, 3.05) is 26.4 Å². The summed E-state index contributed by atoms with van der Waals surface area (Å²) >= 11 is 0.